The lowest BCUT2D eigenvalue weighted by Gasteiger charge is -2.09. The third kappa shape index (κ3) is 7.01. The Morgan fingerprint density at radius 3 is 2.20 bits per heavy atom. The van der Waals surface area contributed by atoms with Gasteiger partial charge in [-0.1, -0.05) is 20.8 Å². The van der Waals surface area contributed by atoms with E-state index in [0.717, 1.165) is 0 Å². The summed E-state index contributed by atoms with van der Waals surface area (Å²) in [5.74, 6) is 0. The lowest BCUT2D eigenvalue weighted by atomic mass is 9.97. The average Bonchev–Trinajstić information content (AvgIpc) is 1.78. The van der Waals surface area contributed by atoms with E-state index in [0.29, 0.717) is 0 Å². The van der Waals surface area contributed by atoms with Gasteiger partial charge in [0.25, 0.3) is 0 Å². The summed E-state index contributed by atoms with van der Waals surface area (Å²) in [5, 5.41) is 0. The first-order valence-electron chi connectivity index (χ1n) is 3.00. The van der Waals surface area contributed by atoms with Crippen LogP contribution in [-0.4, -0.2) is 6.47 Å². The number of hydrogen-bond acceptors (Lipinski definition) is 3. The van der Waals surface area contributed by atoms with E-state index < -0.39 is 0 Å². The van der Waals surface area contributed by atoms with E-state index >= 15 is 0 Å². The largest absolute Gasteiger partial charge is 0.343 e. The van der Waals surface area contributed by atoms with Crippen LogP contribution in [0, 0.1) is 5.41 Å². The molecule has 0 aliphatic rings. The molecule has 58 valence electrons. The summed E-state index contributed by atoms with van der Waals surface area (Å²) in [6.45, 7) is 6.25. The molecule has 0 amide bonds. The molecule has 0 fully saturated rings. The van der Waals surface area contributed by atoms with Crippen LogP contribution in [0.15, 0.2) is 12.3 Å². The van der Waals surface area contributed by atoms with Crippen LogP contribution in [0.5, 0.6) is 0 Å². The highest BCUT2D eigenvalue weighted by Gasteiger charge is 2.03. The van der Waals surface area contributed by atoms with Gasteiger partial charge in [-0.25, -0.2) is 0 Å². The molecule has 0 aromatic carbocycles. The smallest absolute Gasteiger partial charge is 0.296 e. The van der Waals surface area contributed by atoms with Gasteiger partial charge >= 0.3 is 6.47 Å². The summed E-state index contributed by atoms with van der Waals surface area (Å²) in [6.07, 6.45) is 3.13. The Morgan fingerprint density at radius 2 is 1.80 bits per heavy atom. The quantitative estimate of drug-likeness (QED) is 0.198. The summed E-state index contributed by atoms with van der Waals surface area (Å²) >= 11 is 0. The molecular formula is C7H12O3. The Hall–Kier alpha value is -0.990. The second kappa shape index (κ2) is 3.93. The summed E-state index contributed by atoms with van der Waals surface area (Å²) in [7, 11) is 0. The number of carbonyl (C=O) groups excluding carboxylic acids is 1. The van der Waals surface area contributed by atoms with E-state index in [1.165, 1.54) is 6.26 Å². The lowest BCUT2D eigenvalue weighted by molar-refractivity contribution is -0.222. The maximum atomic E-state index is 9.55. The fourth-order valence-corrected chi connectivity index (χ4v) is 0.287. The number of allylic oxidation sites excluding steroid dienone is 1. The number of hydrogen-bond donors (Lipinski definition) is 0. The molecule has 0 N–H and O–H groups in total. The van der Waals surface area contributed by atoms with Gasteiger partial charge in [-0.2, -0.15) is 0 Å². The zero-order valence-electron chi connectivity index (χ0n) is 6.46. The van der Waals surface area contributed by atoms with E-state index in [2.05, 4.69) is 9.78 Å². The molecule has 10 heavy (non-hydrogen) atoms. The van der Waals surface area contributed by atoms with E-state index in [4.69, 9.17) is 0 Å². The van der Waals surface area contributed by atoms with Gasteiger partial charge in [-0.15, -0.1) is 0 Å². The van der Waals surface area contributed by atoms with Crippen molar-refractivity contribution in [2.75, 3.05) is 0 Å². The summed E-state index contributed by atoms with van der Waals surface area (Å²) in [5.41, 5.74) is 0.0479. The molecule has 0 aliphatic carbocycles. The highest BCUT2D eigenvalue weighted by Crippen LogP contribution is 2.13. The first-order chi connectivity index (χ1) is 4.56. The minimum atomic E-state index is 0.0479. The van der Waals surface area contributed by atoms with Crippen LogP contribution >= 0.6 is 0 Å². The van der Waals surface area contributed by atoms with Crippen LogP contribution < -0.4 is 0 Å². The highest BCUT2D eigenvalue weighted by molar-refractivity contribution is 5.35. The van der Waals surface area contributed by atoms with Crippen molar-refractivity contribution in [3.63, 3.8) is 0 Å². The molecule has 3 heteroatoms. The molecule has 0 heterocycles. The maximum Gasteiger partial charge on any atom is 0.343 e. The summed E-state index contributed by atoms with van der Waals surface area (Å²) in [4.78, 5) is 17.8. The molecule has 0 spiro atoms. The fraction of sp³-hybridized carbons (Fsp3) is 0.571. The Kier molecular flexibility index (Phi) is 3.54. The second-order valence-corrected chi connectivity index (χ2v) is 2.96. The van der Waals surface area contributed by atoms with Crippen molar-refractivity contribution in [2.24, 2.45) is 5.41 Å². The van der Waals surface area contributed by atoms with Crippen LogP contribution in [-0.2, 0) is 14.6 Å². The number of rotatable bonds is 3. The first kappa shape index (κ1) is 9.01. The van der Waals surface area contributed by atoms with E-state index in [1.807, 2.05) is 20.8 Å². The van der Waals surface area contributed by atoms with Gasteiger partial charge in [0.2, 0.25) is 0 Å². The topological polar surface area (TPSA) is 35.5 Å². The number of carbonyl (C=O) groups is 1. The van der Waals surface area contributed by atoms with Crippen molar-refractivity contribution in [3.8, 4) is 0 Å². The molecule has 3 nitrogen and oxygen atoms in total. The van der Waals surface area contributed by atoms with Crippen molar-refractivity contribution < 1.29 is 14.6 Å². The molecule has 0 bridgehead atoms. The SMILES string of the molecule is CC(C)(C)C=COOC=O. The lowest BCUT2D eigenvalue weighted by Crippen LogP contribution is -1.98. The Labute approximate surface area is 60.6 Å². The zero-order valence-corrected chi connectivity index (χ0v) is 6.46. The Bertz CT molecular complexity index is 121. The van der Waals surface area contributed by atoms with Crippen molar-refractivity contribution in [3.05, 3.63) is 12.3 Å². The fourth-order valence-electron chi connectivity index (χ4n) is 0.287. The van der Waals surface area contributed by atoms with Crippen molar-refractivity contribution in [1.29, 1.82) is 0 Å². The monoisotopic (exact) mass is 144 g/mol. The molecule has 0 saturated carbocycles. The maximum absolute atomic E-state index is 9.55. The third-order valence-electron chi connectivity index (χ3n) is 0.718. The predicted molar refractivity (Wildman–Crippen MR) is 36.8 cm³/mol. The van der Waals surface area contributed by atoms with Crippen molar-refractivity contribution in [2.45, 2.75) is 20.8 Å². The van der Waals surface area contributed by atoms with Gasteiger partial charge in [0.05, 0.1) is 0 Å². The Morgan fingerprint density at radius 1 is 1.20 bits per heavy atom. The van der Waals surface area contributed by atoms with Gasteiger partial charge < -0.3 is 0 Å². The van der Waals surface area contributed by atoms with Crippen LogP contribution in [0.2, 0.25) is 0 Å². The van der Waals surface area contributed by atoms with Gasteiger partial charge in [-0.05, 0) is 11.5 Å². The minimum Gasteiger partial charge on any atom is -0.296 e. The second-order valence-electron chi connectivity index (χ2n) is 2.96. The summed E-state index contributed by atoms with van der Waals surface area (Å²) in [6, 6.07) is 0. The van der Waals surface area contributed by atoms with Gasteiger partial charge in [0.1, 0.15) is 6.26 Å². The average molecular weight is 144 g/mol. The molecule has 0 radical (unpaired) electrons. The molecule has 0 saturated heterocycles. The van der Waals surface area contributed by atoms with E-state index in [1.54, 1.807) is 6.08 Å². The molecule has 0 rings (SSSR count). The summed E-state index contributed by atoms with van der Waals surface area (Å²) < 4.78 is 0. The molecule has 0 aliphatic heterocycles. The van der Waals surface area contributed by atoms with Crippen LogP contribution in [0.1, 0.15) is 20.8 Å². The highest BCUT2D eigenvalue weighted by atomic mass is 17.2. The Balaban J connectivity index is 3.46. The van der Waals surface area contributed by atoms with Gasteiger partial charge in [0.15, 0.2) is 0 Å². The predicted octanol–water partition coefficient (Wildman–Crippen LogP) is 1.65. The molecular weight excluding hydrogens is 132 g/mol. The van der Waals surface area contributed by atoms with Crippen molar-refractivity contribution in [1.82, 2.24) is 0 Å². The third-order valence-corrected chi connectivity index (χ3v) is 0.718. The van der Waals surface area contributed by atoms with Crippen LogP contribution in [0.3, 0.4) is 0 Å². The molecule has 0 atom stereocenters. The van der Waals surface area contributed by atoms with E-state index in [-0.39, 0.29) is 11.9 Å². The van der Waals surface area contributed by atoms with Gasteiger partial charge in [0, 0.05) is 0 Å². The van der Waals surface area contributed by atoms with Gasteiger partial charge in [-0.3, -0.25) is 14.6 Å². The van der Waals surface area contributed by atoms with Crippen LogP contribution in [0.4, 0.5) is 0 Å². The first-order valence-corrected chi connectivity index (χ1v) is 3.00. The molecule has 0 aromatic rings. The minimum absolute atomic E-state index is 0.0479. The molecule has 0 unspecified atom stereocenters. The van der Waals surface area contributed by atoms with Crippen molar-refractivity contribution >= 4 is 6.47 Å². The standard InChI is InChI=1S/C7H12O3/c1-7(2,3)4-5-9-10-6-8/h4-6H,1-3H3. The van der Waals surface area contributed by atoms with E-state index in [9.17, 15) is 4.79 Å². The zero-order chi connectivity index (χ0) is 8.04. The normalized spacial score (nSPS) is 11.5. The van der Waals surface area contributed by atoms with Crippen LogP contribution in [0.25, 0.3) is 0 Å². The molecule has 0 aromatic heterocycles.